The van der Waals surface area contributed by atoms with E-state index in [1.54, 1.807) is 6.20 Å². The monoisotopic (exact) mass is 335 g/mol. The number of pyridine rings is 1. The molecule has 6 nitrogen and oxygen atoms in total. The summed E-state index contributed by atoms with van der Waals surface area (Å²) in [6.07, 6.45) is 2.46. The predicted octanol–water partition coefficient (Wildman–Crippen LogP) is 2.10. The molecule has 1 fully saturated rings. The molecule has 128 valence electrons. The molecule has 0 atom stereocenters. The Morgan fingerprint density at radius 3 is 2.60 bits per heavy atom. The number of fused-ring (bicyclic) bond motifs is 1. The Kier molecular flexibility index (Phi) is 4.19. The van der Waals surface area contributed by atoms with Crippen molar-refractivity contribution in [1.29, 1.82) is 0 Å². The van der Waals surface area contributed by atoms with Crippen molar-refractivity contribution in [3.63, 3.8) is 0 Å². The molecule has 1 aliphatic rings. The largest absolute Gasteiger partial charge is 0.354 e. The standard InChI is InChI=1S/C19H21N5O/c1-22-18-5-3-2-4-16(18)17(21-22)13-23-8-10-24(11-9-23)19-7-6-15(14-25)12-20-19/h2-7,12,14H,8-11,13H2,1H3. The number of benzene rings is 1. The quantitative estimate of drug-likeness (QED) is 0.684. The predicted molar refractivity (Wildman–Crippen MR) is 97.8 cm³/mol. The van der Waals surface area contributed by atoms with E-state index < -0.39 is 0 Å². The Morgan fingerprint density at radius 2 is 1.88 bits per heavy atom. The number of carbonyl (C=O) groups excluding carboxylic acids is 1. The first-order chi connectivity index (χ1) is 12.2. The lowest BCUT2D eigenvalue weighted by molar-refractivity contribution is 0.112. The highest BCUT2D eigenvalue weighted by Gasteiger charge is 2.20. The molecule has 0 unspecified atom stereocenters. The highest BCUT2D eigenvalue weighted by molar-refractivity contribution is 5.81. The Labute approximate surface area is 146 Å². The number of aldehydes is 1. The van der Waals surface area contributed by atoms with Gasteiger partial charge in [-0.25, -0.2) is 4.98 Å². The van der Waals surface area contributed by atoms with E-state index in [0.29, 0.717) is 5.56 Å². The van der Waals surface area contributed by atoms with Crippen LogP contribution in [0.1, 0.15) is 16.1 Å². The third kappa shape index (κ3) is 3.13. The van der Waals surface area contributed by atoms with Gasteiger partial charge in [0.05, 0.1) is 11.2 Å². The molecule has 0 spiro atoms. The van der Waals surface area contributed by atoms with E-state index in [-0.39, 0.29) is 0 Å². The van der Waals surface area contributed by atoms with Crippen LogP contribution in [-0.2, 0) is 13.6 Å². The molecule has 0 radical (unpaired) electrons. The minimum Gasteiger partial charge on any atom is -0.354 e. The molecule has 0 saturated carbocycles. The fourth-order valence-corrected chi connectivity index (χ4v) is 3.41. The number of anilines is 1. The molecule has 0 amide bonds. The van der Waals surface area contributed by atoms with E-state index >= 15 is 0 Å². The second-order valence-corrected chi connectivity index (χ2v) is 6.42. The third-order valence-electron chi connectivity index (χ3n) is 4.81. The molecule has 6 heteroatoms. The van der Waals surface area contributed by atoms with E-state index in [2.05, 4.69) is 39.0 Å². The second kappa shape index (κ2) is 6.64. The van der Waals surface area contributed by atoms with Crippen LogP contribution in [0, 0.1) is 0 Å². The van der Waals surface area contributed by atoms with E-state index in [1.165, 1.54) is 10.9 Å². The summed E-state index contributed by atoms with van der Waals surface area (Å²) in [6, 6.07) is 12.1. The topological polar surface area (TPSA) is 54.3 Å². The smallest absolute Gasteiger partial charge is 0.151 e. The zero-order chi connectivity index (χ0) is 17.2. The fourth-order valence-electron chi connectivity index (χ4n) is 3.41. The molecule has 1 aromatic carbocycles. The molecule has 1 aliphatic heterocycles. The number of nitrogens with zero attached hydrogens (tertiary/aromatic N) is 5. The van der Waals surface area contributed by atoms with E-state index in [0.717, 1.165) is 50.5 Å². The van der Waals surface area contributed by atoms with Gasteiger partial charge < -0.3 is 4.90 Å². The van der Waals surface area contributed by atoms with Crippen LogP contribution in [0.4, 0.5) is 5.82 Å². The number of para-hydroxylation sites is 1. The van der Waals surface area contributed by atoms with Gasteiger partial charge >= 0.3 is 0 Å². The number of rotatable bonds is 4. The van der Waals surface area contributed by atoms with Gasteiger partial charge in [0, 0.05) is 56.9 Å². The lowest BCUT2D eigenvalue weighted by atomic mass is 10.2. The SMILES string of the molecule is Cn1nc(CN2CCN(c3ccc(C=O)cn3)CC2)c2ccccc21. The molecule has 0 N–H and O–H groups in total. The van der Waals surface area contributed by atoms with Gasteiger partial charge in [-0.05, 0) is 18.2 Å². The molecule has 0 aliphatic carbocycles. The number of hydrogen-bond acceptors (Lipinski definition) is 5. The van der Waals surface area contributed by atoms with Crippen LogP contribution >= 0.6 is 0 Å². The summed E-state index contributed by atoms with van der Waals surface area (Å²) in [5.41, 5.74) is 2.93. The number of aromatic nitrogens is 3. The number of piperazine rings is 1. The average molecular weight is 335 g/mol. The van der Waals surface area contributed by atoms with Crippen molar-refractivity contribution >= 4 is 23.0 Å². The first-order valence-corrected chi connectivity index (χ1v) is 8.54. The van der Waals surface area contributed by atoms with Gasteiger partial charge in [-0.1, -0.05) is 18.2 Å². The Balaban J connectivity index is 1.42. The fraction of sp³-hybridized carbons (Fsp3) is 0.316. The van der Waals surface area contributed by atoms with Crippen LogP contribution in [-0.4, -0.2) is 52.1 Å². The lowest BCUT2D eigenvalue weighted by Crippen LogP contribution is -2.46. The van der Waals surface area contributed by atoms with Gasteiger partial charge in [0.15, 0.2) is 6.29 Å². The summed E-state index contributed by atoms with van der Waals surface area (Å²) in [5.74, 6) is 0.938. The summed E-state index contributed by atoms with van der Waals surface area (Å²) in [4.78, 5) is 19.8. The van der Waals surface area contributed by atoms with Gasteiger partial charge in [-0.2, -0.15) is 5.10 Å². The molecule has 2 aromatic heterocycles. The Morgan fingerprint density at radius 1 is 1.08 bits per heavy atom. The number of aryl methyl sites for hydroxylation is 1. The Hall–Kier alpha value is -2.73. The maximum Gasteiger partial charge on any atom is 0.151 e. The van der Waals surface area contributed by atoms with E-state index in [9.17, 15) is 4.79 Å². The summed E-state index contributed by atoms with van der Waals surface area (Å²) >= 11 is 0. The van der Waals surface area contributed by atoms with Gasteiger partial charge in [0.1, 0.15) is 5.82 Å². The van der Waals surface area contributed by atoms with Crippen LogP contribution in [0.25, 0.3) is 10.9 Å². The summed E-state index contributed by atoms with van der Waals surface area (Å²) in [5, 5.41) is 5.93. The van der Waals surface area contributed by atoms with Crippen LogP contribution in [0.15, 0.2) is 42.6 Å². The maximum atomic E-state index is 10.7. The van der Waals surface area contributed by atoms with Crippen LogP contribution in [0.5, 0.6) is 0 Å². The number of carbonyl (C=O) groups is 1. The molecule has 1 saturated heterocycles. The van der Waals surface area contributed by atoms with Crippen molar-refractivity contribution in [2.24, 2.45) is 7.05 Å². The molecular formula is C19H21N5O. The molecule has 3 aromatic rings. The van der Waals surface area contributed by atoms with Crippen molar-refractivity contribution < 1.29 is 4.79 Å². The minimum absolute atomic E-state index is 0.615. The molecule has 4 rings (SSSR count). The van der Waals surface area contributed by atoms with E-state index in [4.69, 9.17) is 5.10 Å². The Bertz CT molecular complexity index is 878. The van der Waals surface area contributed by atoms with Crippen molar-refractivity contribution in [3.05, 3.63) is 53.9 Å². The zero-order valence-corrected chi connectivity index (χ0v) is 14.3. The zero-order valence-electron chi connectivity index (χ0n) is 14.3. The van der Waals surface area contributed by atoms with Crippen LogP contribution in [0.2, 0.25) is 0 Å². The summed E-state index contributed by atoms with van der Waals surface area (Å²) in [7, 11) is 2.00. The highest BCUT2D eigenvalue weighted by Crippen LogP contribution is 2.20. The molecule has 25 heavy (non-hydrogen) atoms. The first-order valence-electron chi connectivity index (χ1n) is 8.54. The molecule has 3 heterocycles. The second-order valence-electron chi connectivity index (χ2n) is 6.42. The third-order valence-corrected chi connectivity index (χ3v) is 4.81. The summed E-state index contributed by atoms with van der Waals surface area (Å²) < 4.78 is 1.96. The normalized spacial score (nSPS) is 15.6. The van der Waals surface area contributed by atoms with Gasteiger partial charge in [-0.15, -0.1) is 0 Å². The highest BCUT2D eigenvalue weighted by atomic mass is 16.1. The molecular weight excluding hydrogens is 314 g/mol. The number of hydrogen-bond donors (Lipinski definition) is 0. The molecule has 0 bridgehead atoms. The maximum absolute atomic E-state index is 10.7. The minimum atomic E-state index is 0.615. The average Bonchev–Trinajstić information content (AvgIpc) is 2.98. The summed E-state index contributed by atoms with van der Waals surface area (Å²) in [6.45, 7) is 4.67. The van der Waals surface area contributed by atoms with Gasteiger partial charge in [0.25, 0.3) is 0 Å². The van der Waals surface area contributed by atoms with Crippen molar-refractivity contribution in [2.75, 3.05) is 31.1 Å². The van der Waals surface area contributed by atoms with Gasteiger partial charge in [-0.3, -0.25) is 14.4 Å². The van der Waals surface area contributed by atoms with Crippen LogP contribution in [0.3, 0.4) is 0 Å². The first kappa shape index (κ1) is 15.8. The van der Waals surface area contributed by atoms with Crippen molar-refractivity contribution in [2.45, 2.75) is 6.54 Å². The van der Waals surface area contributed by atoms with Crippen molar-refractivity contribution in [1.82, 2.24) is 19.7 Å². The van der Waals surface area contributed by atoms with Crippen LogP contribution < -0.4 is 4.90 Å². The van der Waals surface area contributed by atoms with Crippen molar-refractivity contribution in [3.8, 4) is 0 Å². The van der Waals surface area contributed by atoms with Gasteiger partial charge in [0.2, 0.25) is 0 Å². The van der Waals surface area contributed by atoms with E-state index in [1.807, 2.05) is 23.9 Å². The lowest BCUT2D eigenvalue weighted by Gasteiger charge is -2.35.